The molecule has 7 nitrogen and oxygen atoms in total. The SMILES string of the molecule is CCc1nsc(N2CCN(C(=NC)NCCN(CC)C3CC3)CC2)n1. The Morgan fingerprint density at radius 2 is 2.04 bits per heavy atom. The van der Waals surface area contributed by atoms with Crippen molar-refractivity contribution >= 4 is 22.6 Å². The molecule has 1 aliphatic heterocycles. The molecule has 0 unspecified atom stereocenters. The first-order valence-corrected chi connectivity index (χ1v) is 10.3. The van der Waals surface area contributed by atoms with Crippen molar-refractivity contribution in [1.29, 1.82) is 0 Å². The van der Waals surface area contributed by atoms with Crippen molar-refractivity contribution in [3.8, 4) is 0 Å². The molecule has 0 aromatic carbocycles. The van der Waals surface area contributed by atoms with Gasteiger partial charge in [-0.2, -0.15) is 4.37 Å². The number of aryl methyl sites for hydroxylation is 1. The van der Waals surface area contributed by atoms with E-state index in [4.69, 9.17) is 0 Å². The monoisotopic (exact) mass is 365 g/mol. The fraction of sp³-hybridized carbons (Fsp3) is 0.824. The van der Waals surface area contributed by atoms with Gasteiger partial charge in [0.1, 0.15) is 5.82 Å². The highest BCUT2D eigenvalue weighted by Gasteiger charge is 2.27. The standard InChI is InChI=1S/C17H31N7S/c1-4-15-20-17(25-21-15)24-12-10-23(11-13-24)16(18-3)19-8-9-22(5-2)14-6-7-14/h14H,4-13H2,1-3H3,(H,18,19). The van der Waals surface area contributed by atoms with Crippen LogP contribution in [0.4, 0.5) is 5.13 Å². The van der Waals surface area contributed by atoms with Gasteiger partial charge in [0.15, 0.2) is 5.96 Å². The van der Waals surface area contributed by atoms with Crippen LogP contribution in [0.1, 0.15) is 32.5 Å². The van der Waals surface area contributed by atoms with Crippen molar-refractivity contribution in [3.05, 3.63) is 5.82 Å². The maximum atomic E-state index is 4.61. The Labute approximate surface area is 155 Å². The summed E-state index contributed by atoms with van der Waals surface area (Å²) >= 11 is 1.52. The first-order chi connectivity index (χ1) is 12.2. The van der Waals surface area contributed by atoms with Crippen molar-refractivity contribution in [1.82, 2.24) is 24.5 Å². The van der Waals surface area contributed by atoms with Crippen LogP contribution in [0.5, 0.6) is 0 Å². The number of likely N-dealkylation sites (N-methyl/N-ethyl adjacent to an activating group) is 1. The molecule has 25 heavy (non-hydrogen) atoms. The third kappa shape index (κ3) is 4.82. The van der Waals surface area contributed by atoms with Gasteiger partial charge in [-0.1, -0.05) is 13.8 Å². The van der Waals surface area contributed by atoms with Gasteiger partial charge in [-0.25, -0.2) is 4.98 Å². The average molecular weight is 366 g/mol. The minimum atomic E-state index is 0.831. The molecule has 1 aliphatic carbocycles. The van der Waals surface area contributed by atoms with E-state index in [9.17, 15) is 0 Å². The first kappa shape index (κ1) is 18.4. The summed E-state index contributed by atoms with van der Waals surface area (Å²) in [5.74, 6) is 1.98. The highest BCUT2D eigenvalue weighted by Crippen LogP contribution is 2.25. The summed E-state index contributed by atoms with van der Waals surface area (Å²) < 4.78 is 4.40. The molecular formula is C17H31N7S. The molecule has 0 spiro atoms. The van der Waals surface area contributed by atoms with Gasteiger partial charge < -0.3 is 15.1 Å². The number of piperazine rings is 1. The molecule has 0 radical (unpaired) electrons. The highest BCUT2D eigenvalue weighted by molar-refractivity contribution is 7.09. The minimum absolute atomic E-state index is 0.831. The number of guanidine groups is 1. The molecule has 0 amide bonds. The number of rotatable bonds is 7. The van der Waals surface area contributed by atoms with Crippen molar-refractivity contribution in [2.24, 2.45) is 4.99 Å². The summed E-state index contributed by atoms with van der Waals surface area (Å²) in [4.78, 5) is 16.3. The van der Waals surface area contributed by atoms with Gasteiger partial charge in [-0.3, -0.25) is 9.89 Å². The summed E-state index contributed by atoms with van der Waals surface area (Å²) in [7, 11) is 1.88. The van der Waals surface area contributed by atoms with E-state index in [1.165, 1.54) is 24.4 Å². The van der Waals surface area contributed by atoms with Gasteiger partial charge in [0.2, 0.25) is 5.13 Å². The zero-order chi connectivity index (χ0) is 17.6. The minimum Gasteiger partial charge on any atom is -0.355 e. The van der Waals surface area contributed by atoms with Crippen LogP contribution in [0.2, 0.25) is 0 Å². The van der Waals surface area contributed by atoms with E-state index in [2.05, 4.69) is 48.2 Å². The molecule has 2 heterocycles. The Hall–Kier alpha value is -1.41. The van der Waals surface area contributed by atoms with Crippen LogP contribution < -0.4 is 10.2 Å². The predicted octanol–water partition coefficient (Wildman–Crippen LogP) is 1.28. The number of nitrogens with one attached hydrogen (secondary N) is 1. The Morgan fingerprint density at radius 1 is 1.28 bits per heavy atom. The van der Waals surface area contributed by atoms with Gasteiger partial charge in [0, 0.05) is 70.3 Å². The Balaban J connectivity index is 1.43. The average Bonchev–Trinajstić information content (AvgIpc) is 3.38. The fourth-order valence-corrected chi connectivity index (χ4v) is 4.11. The van der Waals surface area contributed by atoms with E-state index in [-0.39, 0.29) is 0 Å². The maximum absolute atomic E-state index is 4.61. The normalized spacial score (nSPS) is 19.0. The Kier molecular flexibility index (Phi) is 6.47. The molecular weight excluding hydrogens is 334 g/mol. The molecule has 2 aliphatic rings. The van der Waals surface area contributed by atoms with Crippen molar-refractivity contribution in [2.75, 3.05) is 57.8 Å². The van der Waals surface area contributed by atoms with E-state index < -0.39 is 0 Å². The Bertz CT molecular complexity index is 561. The maximum Gasteiger partial charge on any atom is 0.205 e. The molecule has 1 N–H and O–H groups in total. The topological polar surface area (TPSA) is 59.9 Å². The lowest BCUT2D eigenvalue weighted by atomic mass is 10.3. The van der Waals surface area contributed by atoms with Crippen LogP contribution in [0.3, 0.4) is 0 Å². The number of hydrogen-bond donors (Lipinski definition) is 1. The van der Waals surface area contributed by atoms with E-state index >= 15 is 0 Å². The zero-order valence-corrected chi connectivity index (χ0v) is 16.6. The van der Waals surface area contributed by atoms with Gasteiger partial charge in [0.05, 0.1) is 0 Å². The molecule has 1 saturated carbocycles. The van der Waals surface area contributed by atoms with Crippen LogP contribution in [-0.2, 0) is 6.42 Å². The summed E-state index contributed by atoms with van der Waals surface area (Å²) in [5.41, 5.74) is 0. The molecule has 3 rings (SSSR count). The van der Waals surface area contributed by atoms with Gasteiger partial charge in [-0.15, -0.1) is 0 Å². The summed E-state index contributed by atoms with van der Waals surface area (Å²) in [6.45, 7) is 11.5. The lowest BCUT2D eigenvalue weighted by Crippen LogP contribution is -2.53. The van der Waals surface area contributed by atoms with Crippen LogP contribution in [0.25, 0.3) is 0 Å². The van der Waals surface area contributed by atoms with E-state index in [0.717, 1.165) is 75.2 Å². The molecule has 1 saturated heterocycles. The largest absolute Gasteiger partial charge is 0.355 e. The van der Waals surface area contributed by atoms with Crippen molar-refractivity contribution in [3.63, 3.8) is 0 Å². The second-order valence-corrected chi connectivity index (χ2v) is 7.38. The van der Waals surface area contributed by atoms with Crippen molar-refractivity contribution < 1.29 is 0 Å². The number of hydrogen-bond acceptors (Lipinski definition) is 6. The number of anilines is 1. The molecule has 0 bridgehead atoms. The smallest absolute Gasteiger partial charge is 0.205 e. The summed E-state index contributed by atoms with van der Waals surface area (Å²) in [6.07, 6.45) is 3.65. The van der Waals surface area contributed by atoms with Crippen LogP contribution in [-0.4, -0.2) is 84.0 Å². The number of aliphatic imine (C=N–C) groups is 1. The summed E-state index contributed by atoms with van der Waals surface area (Å²) in [5, 5.41) is 4.60. The third-order valence-electron chi connectivity index (χ3n) is 4.99. The second kappa shape index (κ2) is 8.80. The second-order valence-electron chi connectivity index (χ2n) is 6.65. The molecule has 0 atom stereocenters. The fourth-order valence-electron chi connectivity index (χ4n) is 3.31. The highest BCUT2D eigenvalue weighted by atomic mass is 32.1. The Morgan fingerprint density at radius 3 is 2.60 bits per heavy atom. The predicted molar refractivity (Wildman–Crippen MR) is 105 cm³/mol. The molecule has 1 aromatic rings. The van der Waals surface area contributed by atoms with Crippen LogP contribution in [0.15, 0.2) is 4.99 Å². The molecule has 140 valence electrons. The lowest BCUT2D eigenvalue weighted by Gasteiger charge is -2.36. The third-order valence-corrected chi connectivity index (χ3v) is 5.80. The number of nitrogens with zero attached hydrogens (tertiary/aromatic N) is 6. The van der Waals surface area contributed by atoms with Crippen molar-refractivity contribution in [2.45, 2.75) is 39.2 Å². The van der Waals surface area contributed by atoms with E-state index in [0.29, 0.717) is 0 Å². The summed E-state index contributed by atoms with van der Waals surface area (Å²) in [6, 6.07) is 0.831. The number of aromatic nitrogens is 2. The van der Waals surface area contributed by atoms with Crippen LogP contribution in [0, 0.1) is 0 Å². The first-order valence-electron chi connectivity index (χ1n) is 9.52. The van der Waals surface area contributed by atoms with E-state index in [1.807, 2.05) is 7.05 Å². The lowest BCUT2D eigenvalue weighted by molar-refractivity contribution is 0.279. The zero-order valence-electron chi connectivity index (χ0n) is 15.7. The van der Waals surface area contributed by atoms with Crippen LogP contribution >= 0.6 is 11.5 Å². The molecule has 8 heteroatoms. The van der Waals surface area contributed by atoms with Gasteiger partial charge in [0.25, 0.3) is 0 Å². The quantitative estimate of drug-likeness (QED) is 0.580. The van der Waals surface area contributed by atoms with E-state index in [1.54, 1.807) is 0 Å². The van der Waals surface area contributed by atoms with Gasteiger partial charge in [-0.05, 0) is 19.4 Å². The molecule has 2 fully saturated rings. The van der Waals surface area contributed by atoms with Gasteiger partial charge >= 0.3 is 0 Å². The molecule has 1 aromatic heterocycles.